The molecule has 2 atom stereocenters. The number of aromatic amines is 1. The first-order chi connectivity index (χ1) is 12.1. The molecule has 1 saturated heterocycles. The van der Waals surface area contributed by atoms with Gasteiger partial charge in [0.15, 0.2) is 0 Å². The molecule has 1 aliphatic rings. The van der Waals surface area contributed by atoms with Crippen molar-refractivity contribution in [3.63, 3.8) is 0 Å². The van der Waals surface area contributed by atoms with Gasteiger partial charge in [0.1, 0.15) is 0 Å². The van der Waals surface area contributed by atoms with E-state index in [4.69, 9.17) is 0 Å². The number of β-amino-alcohol motifs (C(OH)–C–C–N with tert-alkyl or cyclic N) is 1. The fourth-order valence-corrected chi connectivity index (χ4v) is 3.69. The van der Waals surface area contributed by atoms with Crippen LogP contribution in [0.2, 0.25) is 0 Å². The van der Waals surface area contributed by atoms with Crippen molar-refractivity contribution in [2.75, 3.05) is 13.1 Å². The van der Waals surface area contributed by atoms with Crippen LogP contribution in [0.15, 0.2) is 48.8 Å². The van der Waals surface area contributed by atoms with Gasteiger partial charge in [0.25, 0.3) is 5.91 Å². The fourth-order valence-electron chi connectivity index (χ4n) is 3.69. The minimum Gasteiger partial charge on any atom is -0.391 e. The van der Waals surface area contributed by atoms with Crippen molar-refractivity contribution in [1.82, 2.24) is 14.9 Å². The quantitative estimate of drug-likeness (QED) is 0.773. The number of aryl methyl sites for hydroxylation is 1. The molecule has 3 heterocycles. The number of hydrogen-bond acceptors (Lipinski definition) is 3. The smallest absolute Gasteiger partial charge is 0.255 e. The van der Waals surface area contributed by atoms with Crippen LogP contribution in [0.1, 0.15) is 21.6 Å². The van der Waals surface area contributed by atoms with Gasteiger partial charge in [-0.25, -0.2) is 0 Å². The summed E-state index contributed by atoms with van der Waals surface area (Å²) in [5, 5.41) is 11.6. The second kappa shape index (κ2) is 6.33. The molecule has 3 aromatic rings. The fraction of sp³-hybridized carbons (Fsp3) is 0.300. The van der Waals surface area contributed by atoms with Gasteiger partial charge < -0.3 is 15.0 Å². The molecule has 0 radical (unpaired) electrons. The summed E-state index contributed by atoms with van der Waals surface area (Å²) in [7, 11) is 0. The molecule has 1 fully saturated rings. The van der Waals surface area contributed by atoms with Crippen LogP contribution in [-0.2, 0) is 6.42 Å². The van der Waals surface area contributed by atoms with E-state index < -0.39 is 6.10 Å². The molecule has 0 aliphatic carbocycles. The van der Waals surface area contributed by atoms with Gasteiger partial charge in [-0.15, -0.1) is 0 Å². The molecule has 0 unspecified atom stereocenters. The van der Waals surface area contributed by atoms with Crippen molar-refractivity contribution in [2.24, 2.45) is 5.92 Å². The predicted octanol–water partition coefficient (Wildman–Crippen LogP) is 2.55. The van der Waals surface area contributed by atoms with Gasteiger partial charge in [-0.3, -0.25) is 9.78 Å². The molecular formula is C20H21N3O2. The molecule has 2 N–H and O–H groups in total. The molecule has 1 aliphatic heterocycles. The molecule has 128 valence electrons. The molecule has 1 aromatic carbocycles. The highest BCUT2D eigenvalue weighted by atomic mass is 16.3. The maximum Gasteiger partial charge on any atom is 0.255 e. The van der Waals surface area contributed by atoms with Crippen LogP contribution in [0.25, 0.3) is 10.9 Å². The summed E-state index contributed by atoms with van der Waals surface area (Å²) in [5.41, 5.74) is 3.68. The van der Waals surface area contributed by atoms with Gasteiger partial charge in [-0.2, -0.15) is 0 Å². The lowest BCUT2D eigenvalue weighted by molar-refractivity contribution is 0.0764. The Morgan fingerprint density at radius 1 is 1.28 bits per heavy atom. The molecule has 0 spiro atoms. The minimum absolute atomic E-state index is 0.0140. The number of benzene rings is 1. The number of hydrogen-bond donors (Lipinski definition) is 2. The van der Waals surface area contributed by atoms with Crippen LogP contribution in [0, 0.1) is 12.8 Å². The third kappa shape index (κ3) is 2.91. The van der Waals surface area contributed by atoms with E-state index in [-0.39, 0.29) is 11.8 Å². The zero-order valence-electron chi connectivity index (χ0n) is 14.1. The first-order valence-corrected chi connectivity index (χ1v) is 8.57. The number of carbonyl (C=O) groups excluding carboxylic acids is 1. The number of nitrogens with zero attached hydrogens (tertiary/aromatic N) is 2. The third-order valence-electron chi connectivity index (χ3n) is 5.10. The summed E-state index contributed by atoms with van der Waals surface area (Å²) < 4.78 is 0. The monoisotopic (exact) mass is 335 g/mol. The Labute approximate surface area is 146 Å². The Bertz CT molecular complexity index is 913. The zero-order chi connectivity index (χ0) is 17.4. The van der Waals surface area contributed by atoms with E-state index in [0.29, 0.717) is 18.7 Å². The van der Waals surface area contributed by atoms with Crippen molar-refractivity contribution in [3.8, 4) is 0 Å². The van der Waals surface area contributed by atoms with E-state index in [9.17, 15) is 9.90 Å². The molecule has 5 heteroatoms. The lowest BCUT2D eigenvalue weighted by Gasteiger charge is -2.16. The van der Waals surface area contributed by atoms with Gasteiger partial charge in [-0.1, -0.05) is 18.2 Å². The lowest BCUT2D eigenvalue weighted by Crippen LogP contribution is -2.29. The van der Waals surface area contributed by atoms with E-state index >= 15 is 0 Å². The molecule has 2 aromatic heterocycles. The van der Waals surface area contributed by atoms with Crippen molar-refractivity contribution in [2.45, 2.75) is 19.4 Å². The molecule has 4 rings (SSSR count). The van der Waals surface area contributed by atoms with Gasteiger partial charge in [0, 0.05) is 42.5 Å². The normalized spacial score (nSPS) is 20.3. The first kappa shape index (κ1) is 15.8. The number of aliphatic hydroxyl groups excluding tert-OH is 1. The number of fused-ring (bicyclic) bond motifs is 1. The largest absolute Gasteiger partial charge is 0.391 e. The summed E-state index contributed by atoms with van der Waals surface area (Å²) in [6.07, 6.45) is 3.82. The minimum atomic E-state index is -0.505. The van der Waals surface area contributed by atoms with E-state index in [2.05, 4.69) is 16.0 Å². The van der Waals surface area contributed by atoms with Crippen molar-refractivity contribution in [1.29, 1.82) is 0 Å². The lowest BCUT2D eigenvalue weighted by atomic mass is 9.94. The van der Waals surface area contributed by atoms with Crippen LogP contribution < -0.4 is 0 Å². The van der Waals surface area contributed by atoms with Crippen LogP contribution in [0.4, 0.5) is 0 Å². The number of nitrogens with one attached hydrogen (secondary N) is 1. The molecule has 0 bridgehead atoms. The first-order valence-electron chi connectivity index (χ1n) is 8.57. The van der Waals surface area contributed by atoms with E-state index in [1.807, 2.05) is 37.4 Å². The topological polar surface area (TPSA) is 69.2 Å². The summed E-state index contributed by atoms with van der Waals surface area (Å²) in [6, 6.07) is 11.8. The van der Waals surface area contributed by atoms with Gasteiger partial charge in [0.05, 0.1) is 17.2 Å². The third-order valence-corrected chi connectivity index (χ3v) is 5.10. The second-order valence-electron chi connectivity index (χ2n) is 6.75. The summed E-state index contributed by atoms with van der Waals surface area (Å²) >= 11 is 0. The van der Waals surface area contributed by atoms with Crippen LogP contribution in [0.3, 0.4) is 0 Å². The zero-order valence-corrected chi connectivity index (χ0v) is 14.1. The SMILES string of the molecule is Cc1[nH]ccc1C(=O)N1C[C@@H](Cc2ccnc3ccccc23)[C@H](O)C1. The molecular weight excluding hydrogens is 314 g/mol. The van der Waals surface area contributed by atoms with Gasteiger partial charge >= 0.3 is 0 Å². The number of pyridine rings is 1. The second-order valence-corrected chi connectivity index (χ2v) is 6.75. The number of likely N-dealkylation sites (tertiary alicyclic amines) is 1. The summed E-state index contributed by atoms with van der Waals surface area (Å²) in [6.45, 7) is 2.85. The van der Waals surface area contributed by atoms with Crippen LogP contribution in [0.5, 0.6) is 0 Å². The number of aromatic nitrogens is 2. The average Bonchev–Trinajstić information content (AvgIpc) is 3.21. The standard InChI is InChI=1S/C20H21N3O2/c1-13-16(7-9-21-13)20(25)23-11-15(19(24)12-23)10-14-6-8-22-18-5-3-2-4-17(14)18/h2-9,15,19,21,24H,10-12H2,1H3/t15-,19-/m1/s1. The number of amides is 1. The number of H-pyrrole nitrogens is 1. The molecule has 5 nitrogen and oxygen atoms in total. The highest BCUT2D eigenvalue weighted by Gasteiger charge is 2.35. The maximum absolute atomic E-state index is 12.7. The average molecular weight is 335 g/mol. The highest BCUT2D eigenvalue weighted by molar-refractivity contribution is 5.95. The number of carbonyl (C=O) groups is 1. The van der Waals surface area contributed by atoms with Gasteiger partial charge in [-0.05, 0) is 37.1 Å². The number of rotatable bonds is 3. The van der Waals surface area contributed by atoms with Crippen molar-refractivity contribution >= 4 is 16.8 Å². The predicted molar refractivity (Wildman–Crippen MR) is 96.4 cm³/mol. The van der Waals surface area contributed by atoms with E-state index in [1.165, 1.54) is 5.56 Å². The summed E-state index contributed by atoms with van der Waals surface area (Å²) in [5.74, 6) is 0.0221. The molecule has 1 amide bonds. The number of para-hydroxylation sites is 1. The van der Waals surface area contributed by atoms with Crippen LogP contribution >= 0.6 is 0 Å². The summed E-state index contributed by atoms with van der Waals surface area (Å²) in [4.78, 5) is 21.9. The Morgan fingerprint density at radius 3 is 2.92 bits per heavy atom. The number of aliphatic hydroxyl groups is 1. The Kier molecular flexibility index (Phi) is 4.01. The Morgan fingerprint density at radius 2 is 2.12 bits per heavy atom. The molecule has 25 heavy (non-hydrogen) atoms. The molecule has 0 saturated carbocycles. The van der Waals surface area contributed by atoms with Crippen molar-refractivity contribution < 1.29 is 9.90 Å². The van der Waals surface area contributed by atoms with E-state index in [1.54, 1.807) is 17.2 Å². The highest BCUT2D eigenvalue weighted by Crippen LogP contribution is 2.26. The maximum atomic E-state index is 12.7. The van der Waals surface area contributed by atoms with Crippen molar-refractivity contribution in [3.05, 3.63) is 65.6 Å². The van der Waals surface area contributed by atoms with Gasteiger partial charge in [0.2, 0.25) is 0 Å². The Hall–Kier alpha value is -2.66. The van der Waals surface area contributed by atoms with E-state index in [0.717, 1.165) is 23.0 Å². The van der Waals surface area contributed by atoms with Crippen LogP contribution in [-0.4, -0.2) is 45.1 Å². The Balaban J connectivity index is 1.54.